The number of thiophene rings is 1. The summed E-state index contributed by atoms with van der Waals surface area (Å²) in [6.45, 7) is 0.582. The van der Waals surface area contributed by atoms with Gasteiger partial charge in [0.2, 0.25) is 5.91 Å². The van der Waals surface area contributed by atoms with Crippen molar-refractivity contribution in [3.8, 4) is 5.69 Å². The van der Waals surface area contributed by atoms with Crippen molar-refractivity contribution in [3.63, 3.8) is 0 Å². The van der Waals surface area contributed by atoms with Gasteiger partial charge in [0.15, 0.2) is 0 Å². The first-order chi connectivity index (χ1) is 12.7. The molecule has 0 radical (unpaired) electrons. The minimum absolute atomic E-state index is 0.00541. The van der Waals surface area contributed by atoms with Crippen LogP contribution < -0.4 is 10.9 Å². The summed E-state index contributed by atoms with van der Waals surface area (Å²) < 4.78 is 1.61. The van der Waals surface area contributed by atoms with E-state index in [1.807, 2.05) is 47.8 Å². The maximum Gasteiger partial charge on any atom is 0.274 e. The van der Waals surface area contributed by atoms with Gasteiger partial charge in [0.05, 0.1) is 12.2 Å². The number of H-pyrrole nitrogens is 1. The third-order valence-corrected chi connectivity index (χ3v) is 5.84. The van der Waals surface area contributed by atoms with Gasteiger partial charge in [0.25, 0.3) is 5.56 Å². The van der Waals surface area contributed by atoms with Crippen LogP contribution in [0.25, 0.3) is 5.69 Å². The maximum absolute atomic E-state index is 12.8. The van der Waals surface area contributed by atoms with Crippen LogP contribution in [0.1, 0.15) is 29.0 Å². The van der Waals surface area contributed by atoms with Gasteiger partial charge < -0.3 is 5.32 Å². The van der Waals surface area contributed by atoms with Crippen molar-refractivity contribution >= 4 is 17.2 Å². The molecule has 2 aromatic heterocycles. The Kier molecular flexibility index (Phi) is 4.75. The van der Waals surface area contributed by atoms with Crippen molar-refractivity contribution in [2.24, 2.45) is 5.92 Å². The molecule has 1 aliphatic carbocycles. The van der Waals surface area contributed by atoms with E-state index in [1.165, 1.54) is 0 Å². The van der Waals surface area contributed by atoms with Gasteiger partial charge in [0.1, 0.15) is 0 Å². The fourth-order valence-electron chi connectivity index (χ4n) is 3.52. The molecule has 1 aromatic carbocycles. The Balaban J connectivity index is 1.45. The number of amides is 1. The summed E-state index contributed by atoms with van der Waals surface area (Å²) in [5.74, 6) is 0.0484. The summed E-state index contributed by atoms with van der Waals surface area (Å²) in [5, 5.41) is 8.29. The van der Waals surface area contributed by atoms with E-state index >= 15 is 0 Å². The molecule has 0 saturated carbocycles. The fourth-order valence-corrected chi connectivity index (χ4v) is 4.16. The molecule has 1 amide bonds. The predicted molar refractivity (Wildman–Crippen MR) is 103 cm³/mol. The van der Waals surface area contributed by atoms with Crippen molar-refractivity contribution in [3.05, 3.63) is 74.3 Å². The van der Waals surface area contributed by atoms with Crippen molar-refractivity contribution in [2.75, 3.05) is 0 Å². The Morgan fingerprint density at radius 1 is 1.15 bits per heavy atom. The first-order valence-electron chi connectivity index (χ1n) is 8.90. The summed E-state index contributed by atoms with van der Waals surface area (Å²) in [5.41, 5.74) is 2.64. The zero-order chi connectivity index (χ0) is 17.9. The minimum atomic E-state index is -0.0414. The lowest BCUT2D eigenvalue weighted by atomic mass is 9.99. The van der Waals surface area contributed by atoms with E-state index in [0.717, 1.165) is 34.7 Å². The lowest BCUT2D eigenvalue weighted by Gasteiger charge is -2.13. The summed E-state index contributed by atoms with van der Waals surface area (Å²) in [6, 6.07) is 13.6. The van der Waals surface area contributed by atoms with Gasteiger partial charge in [-0.25, -0.2) is 4.68 Å². The Morgan fingerprint density at radius 3 is 2.73 bits per heavy atom. The highest BCUT2D eigenvalue weighted by molar-refractivity contribution is 7.09. The Labute approximate surface area is 155 Å². The molecule has 6 heteroatoms. The molecule has 2 heterocycles. The molecule has 3 aromatic rings. The van der Waals surface area contributed by atoms with E-state index in [2.05, 4.69) is 10.4 Å². The van der Waals surface area contributed by atoms with Crippen LogP contribution in [-0.2, 0) is 24.2 Å². The van der Waals surface area contributed by atoms with Gasteiger partial charge in [-0.05, 0) is 49.3 Å². The molecule has 1 aliphatic rings. The van der Waals surface area contributed by atoms with Gasteiger partial charge in [0, 0.05) is 22.1 Å². The molecule has 1 unspecified atom stereocenters. The third-order valence-electron chi connectivity index (χ3n) is 4.96. The van der Waals surface area contributed by atoms with Crippen LogP contribution in [0.4, 0.5) is 0 Å². The number of benzene rings is 1. The van der Waals surface area contributed by atoms with Crippen molar-refractivity contribution in [1.82, 2.24) is 15.1 Å². The Hall–Kier alpha value is -2.60. The van der Waals surface area contributed by atoms with Crippen LogP contribution in [0.2, 0.25) is 0 Å². The number of aromatic amines is 1. The largest absolute Gasteiger partial charge is 0.351 e. The highest BCUT2D eigenvalue weighted by Crippen LogP contribution is 2.23. The molecule has 4 rings (SSSR count). The molecule has 0 aliphatic heterocycles. The molecule has 0 saturated heterocycles. The molecule has 0 spiro atoms. The second-order valence-electron chi connectivity index (χ2n) is 6.62. The molecule has 0 bridgehead atoms. The predicted octanol–water partition coefficient (Wildman–Crippen LogP) is 3.04. The fraction of sp³-hybridized carbons (Fsp3) is 0.300. The van der Waals surface area contributed by atoms with Gasteiger partial charge in [-0.3, -0.25) is 14.7 Å². The van der Waals surface area contributed by atoms with Crippen LogP contribution in [0, 0.1) is 5.92 Å². The van der Waals surface area contributed by atoms with E-state index in [9.17, 15) is 9.59 Å². The average Bonchev–Trinajstić information content (AvgIpc) is 3.23. The van der Waals surface area contributed by atoms with E-state index in [0.29, 0.717) is 19.4 Å². The summed E-state index contributed by atoms with van der Waals surface area (Å²) >= 11 is 1.64. The number of hydrogen-bond acceptors (Lipinski definition) is 3. The molecule has 2 N–H and O–H groups in total. The number of carbonyl (C=O) groups is 1. The second kappa shape index (κ2) is 7.33. The zero-order valence-electron chi connectivity index (χ0n) is 14.4. The number of fused-ring (bicyclic) bond motifs is 1. The molecule has 26 heavy (non-hydrogen) atoms. The molecule has 0 fully saturated rings. The quantitative estimate of drug-likeness (QED) is 0.696. The Bertz CT molecular complexity index is 941. The number of hydrogen-bond donors (Lipinski definition) is 2. The first kappa shape index (κ1) is 16.8. The number of aromatic nitrogens is 2. The normalized spacial score (nSPS) is 16.7. The molecule has 5 nitrogen and oxygen atoms in total. The molecular formula is C20H21N3O2S. The van der Waals surface area contributed by atoms with Crippen molar-refractivity contribution < 1.29 is 4.79 Å². The Morgan fingerprint density at radius 2 is 1.96 bits per heavy atom. The third kappa shape index (κ3) is 3.37. The minimum Gasteiger partial charge on any atom is -0.351 e. The van der Waals surface area contributed by atoms with Gasteiger partial charge in [-0.1, -0.05) is 24.3 Å². The second-order valence-corrected chi connectivity index (χ2v) is 7.65. The number of aryl methyl sites for hydroxylation is 1. The van der Waals surface area contributed by atoms with Crippen molar-refractivity contribution in [2.45, 2.75) is 32.2 Å². The number of para-hydroxylation sites is 1. The number of nitrogens with zero attached hydrogens (tertiary/aromatic N) is 1. The smallest absolute Gasteiger partial charge is 0.274 e. The van der Waals surface area contributed by atoms with Crippen LogP contribution >= 0.6 is 11.3 Å². The number of rotatable bonds is 4. The number of nitrogens with one attached hydrogen (secondary N) is 2. The van der Waals surface area contributed by atoms with Crippen LogP contribution in [-0.4, -0.2) is 15.7 Å². The van der Waals surface area contributed by atoms with Gasteiger partial charge >= 0.3 is 0 Å². The highest BCUT2D eigenvalue weighted by Gasteiger charge is 2.26. The maximum atomic E-state index is 12.8. The molecule has 1 atom stereocenters. The topological polar surface area (TPSA) is 66.9 Å². The van der Waals surface area contributed by atoms with E-state index in [1.54, 1.807) is 16.0 Å². The summed E-state index contributed by atoms with van der Waals surface area (Å²) in [4.78, 5) is 26.4. The van der Waals surface area contributed by atoms with Crippen LogP contribution in [0.15, 0.2) is 52.6 Å². The van der Waals surface area contributed by atoms with E-state index < -0.39 is 0 Å². The van der Waals surface area contributed by atoms with Gasteiger partial charge in [-0.2, -0.15) is 0 Å². The lowest BCUT2D eigenvalue weighted by Crippen LogP contribution is -2.30. The zero-order valence-corrected chi connectivity index (χ0v) is 15.2. The molecular weight excluding hydrogens is 346 g/mol. The number of carbonyl (C=O) groups excluding carboxylic acids is 1. The standard InChI is InChI=1S/C20H21N3O2S/c24-19(21-13-16-7-4-12-26-16)14-8-10-17-18(11-9-14)22-23(20(17)25)15-5-2-1-3-6-15/h1-7,12,14,22H,8-11,13H2,(H,21,24). The summed E-state index contributed by atoms with van der Waals surface area (Å²) in [7, 11) is 0. The monoisotopic (exact) mass is 367 g/mol. The average molecular weight is 367 g/mol. The van der Waals surface area contributed by atoms with Crippen LogP contribution in [0.3, 0.4) is 0 Å². The SMILES string of the molecule is O=C(NCc1cccs1)C1CCc2[nH]n(-c3ccccc3)c(=O)c2CC1. The summed E-state index contributed by atoms with van der Waals surface area (Å²) in [6.07, 6.45) is 2.84. The van der Waals surface area contributed by atoms with Crippen LogP contribution in [0.5, 0.6) is 0 Å². The first-order valence-corrected chi connectivity index (χ1v) is 9.78. The van der Waals surface area contributed by atoms with Gasteiger partial charge in [-0.15, -0.1) is 11.3 Å². The van der Waals surface area contributed by atoms with Crippen molar-refractivity contribution in [1.29, 1.82) is 0 Å². The van der Waals surface area contributed by atoms with E-state index in [4.69, 9.17) is 0 Å². The lowest BCUT2D eigenvalue weighted by molar-refractivity contribution is -0.125. The molecule has 134 valence electrons. The van der Waals surface area contributed by atoms with E-state index in [-0.39, 0.29) is 17.4 Å². The highest BCUT2D eigenvalue weighted by atomic mass is 32.1.